The van der Waals surface area contributed by atoms with Crippen LogP contribution in [0.5, 0.6) is 0 Å². The van der Waals surface area contributed by atoms with E-state index in [-0.39, 0.29) is 5.54 Å². The lowest BCUT2D eigenvalue weighted by atomic mass is 9.91. The first kappa shape index (κ1) is 8.51. The van der Waals surface area contributed by atoms with Crippen molar-refractivity contribution in [3.8, 4) is 0 Å². The number of rotatable bonds is 2. The zero-order valence-electron chi connectivity index (χ0n) is 7.48. The lowest BCUT2D eigenvalue weighted by Crippen LogP contribution is -2.40. The maximum atomic E-state index is 11.1. The topological polar surface area (TPSA) is 31.2 Å². The van der Waals surface area contributed by atoms with Crippen LogP contribution < -0.4 is 0 Å². The third kappa shape index (κ3) is 1.40. The van der Waals surface area contributed by atoms with E-state index < -0.39 is 0 Å². The summed E-state index contributed by atoms with van der Waals surface area (Å²) in [6, 6.07) is 3.89. The molecule has 0 N–H and O–H groups in total. The number of ether oxygens (including phenoxy) is 1. The quantitative estimate of drug-likeness (QED) is 0.639. The highest BCUT2D eigenvalue weighted by Gasteiger charge is 2.33. The van der Waals surface area contributed by atoms with Crippen LogP contribution in [0.3, 0.4) is 0 Å². The fraction of sp³-hybridized carbons (Fsp3) is 0.500. The Kier molecular flexibility index (Phi) is 2.19. The summed E-state index contributed by atoms with van der Waals surface area (Å²) in [6.45, 7) is 1.36. The Labute approximate surface area is 77.3 Å². The second kappa shape index (κ2) is 3.34. The van der Waals surface area contributed by atoms with Crippen LogP contribution in [0.15, 0.2) is 24.5 Å². The molecule has 0 aromatic carbocycles. The van der Waals surface area contributed by atoms with Crippen molar-refractivity contribution < 1.29 is 9.53 Å². The molecule has 2 heterocycles. The summed E-state index contributed by atoms with van der Waals surface area (Å²) in [5.41, 5.74) is -0.345. The maximum absolute atomic E-state index is 11.1. The van der Waals surface area contributed by atoms with Crippen LogP contribution in [0, 0.1) is 0 Å². The lowest BCUT2D eigenvalue weighted by Gasteiger charge is -2.33. The van der Waals surface area contributed by atoms with E-state index in [1.807, 2.05) is 29.1 Å². The summed E-state index contributed by atoms with van der Waals surface area (Å²) in [4.78, 5) is 11.1. The molecule has 1 fully saturated rings. The van der Waals surface area contributed by atoms with Gasteiger partial charge < -0.3 is 14.1 Å². The number of carbonyl (C=O) groups is 1. The molecule has 3 heteroatoms. The third-order valence-corrected chi connectivity index (χ3v) is 2.70. The van der Waals surface area contributed by atoms with Gasteiger partial charge in [-0.25, -0.2) is 0 Å². The van der Waals surface area contributed by atoms with Crippen molar-refractivity contribution in [1.29, 1.82) is 0 Å². The van der Waals surface area contributed by atoms with E-state index in [1.165, 1.54) is 0 Å². The smallest absolute Gasteiger partial charge is 0.146 e. The Morgan fingerprint density at radius 2 is 1.85 bits per heavy atom. The van der Waals surface area contributed by atoms with Crippen molar-refractivity contribution in [1.82, 2.24) is 4.57 Å². The largest absolute Gasteiger partial charge is 0.381 e. The van der Waals surface area contributed by atoms with E-state index in [0.29, 0.717) is 13.2 Å². The lowest BCUT2D eigenvalue weighted by molar-refractivity contribution is -0.119. The Morgan fingerprint density at radius 3 is 2.38 bits per heavy atom. The minimum Gasteiger partial charge on any atom is -0.381 e. The first-order valence-corrected chi connectivity index (χ1v) is 4.55. The molecule has 1 saturated heterocycles. The number of hydrogen-bond acceptors (Lipinski definition) is 2. The zero-order valence-corrected chi connectivity index (χ0v) is 7.48. The van der Waals surface area contributed by atoms with Crippen LogP contribution in [0.25, 0.3) is 0 Å². The molecule has 1 aliphatic rings. The number of nitrogens with zero attached hydrogens (tertiary/aromatic N) is 1. The average Bonchev–Trinajstić information content (AvgIpc) is 2.72. The number of aromatic nitrogens is 1. The SMILES string of the molecule is O=CC1(n2cccc2)CCOCC1. The van der Waals surface area contributed by atoms with E-state index in [4.69, 9.17) is 4.74 Å². The van der Waals surface area contributed by atoms with Crippen LogP contribution >= 0.6 is 0 Å². The zero-order chi connectivity index (χ0) is 9.15. The second-order valence-corrected chi connectivity index (χ2v) is 3.42. The first-order valence-electron chi connectivity index (χ1n) is 4.55. The molecule has 0 aliphatic carbocycles. The van der Waals surface area contributed by atoms with Crippen LogP contribution in [0.4, 0.5) is 0 Å². The van der Waals surface area contributed by atoms with Crippen LogP contribution in [0.1, 0.15) is 12.8 Å². The fourth-order valence-electron chi connectivity index (χ4n) is 1.79. The monoisotopic (exact) mass is 179 g/mol. The highest BCUT2D eigenvalue weighted by molar-refractivity contribution is 5.62. The van der Waals surface area contributed by atoms with Gasteiger partial charge in [0.15, 0.2) is 0 Å². The van der Waals surface area contributed by atoms with Crippen molar-refractivity contribution in [2.45, 2.75) is 18.4 Å². The van der Waals surface area contributed by atoms with Gasteiger partial charge in [-0.3, -0.25) is 0 Å². The Bertz CT molecular complexity index is 273. The van der Waals surface area contributed by atoms with Gasteiger partial charge in [-0.1, -0.05) is 0 Å². The van der Waals surface area contributed by atoms with Gasteiger partial charge in [0, 0.05) is 38.4 Å². The van der Waals surface area contributed by atoms with Gasteiger partial charge in [-0.05, 0) is 12.1 Å². The van der Waals surface area contributed by atoms with Crippen molar-refractivity contribution in [2.75, 3.05) is 13.2 Å². The molecule has 0 spiro atoms. The van der Waals surface area contributed by atoms with Gasteiger partial charge in [0.25, 0.3) is 0 Å². The summed E-state index contributed by atoms with van der Waals surface area (Å²) in [5, 5.41) is 0. The van der Waals surface area contributed by atoms with Crippen LogP contribution in [0.2, 0.25) is 0 Å². The van der Waals surface area contributed by atoms with Gasteiger partial charge in [0.1, 0.15) is 11.8 Å². The van der Waals surface area contributed by atoms with Crippen molar-refractivity contribution >= 4 is 6.29 Å². The van der Waals surface area contributed by atoms with Gasteiger partial charge in [-0.2, -0.15) is 0 Å². The molecule has 0 amide bonds. The number of carbonyl (C=O) groups excluding carboxylic acids is 1. The fourth-order valence-corrected chi connectivity index (χ4v) is 1.79. The van der Waals surface area contributed by atoms with Gasteiger partial charge in [-0.15, -0.1) is 0 Å². The van der Waals surface area contributed by atoms with Crippen molar-refractivity contribution in [3.63, 3.8) is 0 Å². The number of aldehydes is 1. The van der Waals surface area contributed by atoms with Gasteiger partial charge in [0.2, 0.25) is 0 Å². The highest BCUT2D eigenvalue weighted by Crippen LogP contribution is 2.26. The maximum Gasteiger partial charge on any atom is 0.146 e. The molecular weight excluding hydrogens is 166 g/mol. The Balaban J connectivity index is 2.28. The molecule has 0 saturated carbocycles. The summed E-state index contributed by atoms with van der Waals surface area (Å²) in [5.74, 6) is 0. The molecule has 0 atom stereocenters. The van der Waals surface area contributed by atoms with E-state index in [1.54, 1.807) is 0 Å². The Hall–Kier alpha value is -1.09. The van der Waals surface area contributed by atoms with E-state index in [0.717, 1.165) is 19.1 Å². The minimum atomic E-state index is -0.345. The van der Waals surface area contributed by atoms with E-state index in [2.05, 4.69) is 0 Å². The van der Waals surface area contributed by atoms with E-state index >= 15 is 0 Å². The molecule has 0 unspecified atom stereocenters. The molecule has 2 rings (SSSR count). The standard InChI is InChI=1S/C10H13NO2/c12-9-10(3-7-13-8-4-10)11-5-1-2-6-11/h1-2,5-6,9H,3-4,7-8H2. The summed E-state index contributed by atoms with van der Waals surface area (Å²) < 4.78 is 7.24. The van der Waals surface area contributed by atoms with E-state index in [9.17, 15) is 4.79 Å². The molecular formula is C10H13NO2. The van der Waals surface area contributed by atoms with Crippen LogP contribution in [-0.2, 0) is 15.1 Å². The summed E-state index contributed by atoms with van der Waals surface area (Å²) in [7, 11) is 0. The van der Waals surface area contributed by atoms with Crippen molar-refractivity contribution in [3.05, 3.63) is 24.5 Å². The minimum absolute atomic E-state index is 0.345. The van der Waals surface area contributed by atoms with Gasteiger partial charge in [0.05, 0.1) is 0 Å². The average molecular weight is 179 g/mol. The highest BCUT2D eigenvalue weighted by atomic mass is 16.5. The predicted molar refractivity (Wildman–Crippen MR) is 48.5 cm³/mol. The molecule has 13 heavy (non-hydrogen) atoms. The molecule has 1 aromatic rings. The van der Waals surface area contributed by atoms with Crippen molar-refractivity contribution in [2.24, 2.45) is 0 Å². The normalized spacial score (nSPS) is 21.2. The molecule has 1 aromatic heterocycles. The molecule has 0 radical (unpaired) electrons. The molecule has 3 nitrogen and oxygen atoms in total. The third-order valence-electron chi connectivity index (χ3n) is 2.70. The molecule has 0 bridgehead atoms. The summed E-state index contributed by atoms with van der Waals surface area (Å²) >= 11 is 0. The Morgan fingerprint density at radius 1 is 1.23 bits per heavy atom. The summed E-state index contributed by atoms with van der Waals surface area (Å²) in [6.07, 6.45) is 6.51. The van der Waals surface area contributed by atoms with Gasteiger partial charge >= 0.3 is 0 Å². The predicted octanol–water partition coefficient (Wildman–Crippen LogP) is 1.19. The molecule has 1 aliphatic heterocycles. The number of hydrogen-bond donors (Lipinski definition) is 0. The second-order valence-electron chi connectivity index (χ2n) is 3.42. The van der Waals surface area contributed by atoms with Crippen LogP contribution in [-0.4, -0.2) is 24.1 Å². The molecule has 70 valence electrons. The first-order chi connectivity index (χ1) is 6.37.